The summed E-state index contributed by atoms with van der Waals surface area (Å²) in [5, 5.41) is 3.56. The topological polar surface area (TPSA) is 57.7 Å². The number of hydrogen-bond acceptors (Lipinski definition) is 5. The monoisotopic (exact) mass is 386 g/mol. The van der Waals surface area contributed by atoms with Crippen LogP contribution in [0.15, 0.2) is 18.3 Å². The van der Waals surface area contributed by atoms with E-state index in [1.165, 1.54) is 38.5 Å². The van der Waals surface area contributed by atoms with Gasteiger partial charge in [-0.2, -0.15) is 0 Å². The lowest BCUT2D eigenvalue weighted by Crippen LogP contribution is -2.50. The maximum Gasteiger partial charge on any atom is 0.255 e. The Labute approximate surface area is 168 Å². The van der Waals surface area contributed by atoms with Crippen LogP contribution in [0.3, 0.4) is 0 Å². The second kappa shape index (κ2) is 9.70. The summed E-state index contributed by atoms with van der Waals surface area (Å²) in [5.74, 6) is 1.02. The zero-order valence-corrected chi connectivity index (χ0v) is 16.9. The smallest absolute Gasteiger partial charge is 0.255 e. The molecule has 3 fully saturated rings. The number of nitrogens with one attached hydrogen (secondary N) is 1. The number of ether oxygens (including phenoxy) is 1. The van der Waals surface area contributed by atoms with Crippen molar-refractivity contribution in [1.29, 1.82) is 0 Å². The zero-order valence-electron chi connectivity index (χ0n) is 16.9. The van der Waals surface area contributed by atoms with Crippen molar-refractivity contribution >= 4 is 11.7 Å². The summed E-state index contributed by atoms with van der Waals surface area (Å²) in [6, 6.07) is 5.02. The third-order valence-electron chi connectivity index (χ3n) is 6.53. The lowest BCUT2D eigenvalue weighted by molar-refractivity contribution is 0.00158. The van der Waals surface area contributed by atoms with Crippen LogP contribution in [0.25, 0.3) is 0 Å². The molecule has 0 spiro atoms. The number of aromatic nitrogens is 1. The molecule has 3 heterocycles. The SMILES string of the molecule is O=C(c1ccc(NC2CCCCCC2)nc1)N1CCC(N2CCOCC2)CC1. The van der Waals surface area contributed by atoms with E-state index in [0.29, 0.717) is 17.6 Å². The van der Waals surface area contributed by atoms with Crippen LogP contribution >= 0.6 is 0 Å². The molecule has 1 aromatic rings. The summed E-state index contributed by atoms with van der Waals surface area (Å²) in [4.78, 5) is 21.9. The number of morpholine rings is 1. The molecule has 1 amide bonds. The third kappa shape index (κ3) is 5.03. The molecular weight excluding hydrogens is 352 g/mol. The quantitative estimate of drug-likeness (QED) is 0.806. The van der Waals surface area contributed by atoms with Crippen LogP contribution in [0.2, 0.25) is 0 Å². The van der Waals surface area contributed by atoms with E-state index in [1.807, 2.05) is 17.0 Å². The first-order valence-corrected chi connectivity index (χ1v) is 11.1. The van der Waals surface area contributed by atoms with E-state index < -0.39 is 0 Å². The van der Waals surface area contributed by atoms with Crippen LogP contribution < -0.4 is 5.32 Å². The van der Waals surface area contributed by atoms with Crippen LogP contribution in [-0.2, 0) is 4.74 Å². The van der Waals surface area contributed by atoms with Crippen LogP contribution in [0.4, 0.5) is 5.82 Å². The van der Waals surface area contributed by atoms with Crippen molar-refractivity contribution in [2.45, 2.75) is 63.5 Å². The van der Waals surface area contributed by atoms with E-state index in [0.717, 1.165) is 58.1 Å². The highest BCUT2D eigenvalue weighted by Crippen LogP contribution is 2.22. The minimum absolute atomic E-state index is 0.119. The third-order valence-corrected chi connectivity index (χ3v) is 6.53. The Morgan fingerprint density at radius 3 is 2.32 bits per heavy atom. The first-order valence-electron chi connectivity index (χ1n) is 11.1. The number of amides is 1. The van der Waals surface area contributed by atoms with Crippen molar-refractivity contribution < 1.29 is 9.53 Å². The first-order chi connectivity index (χ1) is 13.8. The predicted octanol–water partition coefficient (Wildman–Crippen LogP) is 3.15. The largest absolute Gasteiger partial charge is 0.379 e. The maximum atomic E-state index is 12.9. The number of pyridine rings is 1. The molecule has 6 heteroatoms. The summed E-state index contributed by atoms with van der Waals surface area (Å²) < 4.78 is 5.45. The van der Waals surface area contributed by atoms with Crippen LogP contribution in [-0.4, -0.2) is 72.2 Å². The van der Waals surface area contributed by atoms with Gasteiger partial charge in [0.1, 0.15) is 5.82 Å². The molecule has 1 N–H and O–H groups in total. The molecule has 3 aliphatic rings. The fraction of sp³-hybridized carbons (Fsp3) is 0.727. The number of likely N-dealkylation sites (tertiary alicyclic amines) is 1. The van der Waals surface area contributed by atoms with E-state index in [1.54, 1.807) is 6.20 Å². The first kappa shape index (κ1) is 19.6. The molecule has 28 heavy (non-hydrogen) atoms. The summed E-state index contributed by atoms with van der Waals surface area (Å²) in [7, 11) is 0. The Hall–Kier alpha value is -1.66. The summed E-state index contributed by atoms with van der Waals surface area (Å²) in [6.07, 6.45) is 11.6. The molecule has 2 saturated heterocycles. The molecule has 0 unspecified atom stereocenters. The average Bonchev–Trinajstić information content (AvgIpc) is 3.03. The summed E-state index contributed by atoms with van der Waals surface area (Å²) in [5.41, 5.74) is 0.705. The summed E-state index contributed by atoms with van der Waals surface area (Å²) in [6.45, 7) is 5.40. The van der Waals surface area contributed by atoms with E-state index in [9.17, 15) is 4.79 Å². The second-order valence-electron chi connectivity index (χ2n) is 8.44. The van der Waals surface area contributed by atoms with Gasteiger partial charge in [0.15, 0.2) is 0 Å². The van der Waals surface area contributed by atoms with Crippen molar-refractivity contribution in [3.63, 3.8) is 0 Å². The fourth-order valence-corrected chi connectivity index (χ4v) is 4.80. The molecule has 1 saturated carbocycles. The highest BCUT2D eigenvalue weighted by Gasteiger charge is 2.28. The van der Waals surface area contributed by atoms with E-state index in [2.05, 4.69) is 15.2 Å². The van der Waals surface area contributed by atoms with Crippen LogP contribution in [0.5, 0.6) is 0 Å². The van der Waals surface area contributed by atoms with Gasteiger partial charge in [0.05, 0.1) is 18.8 Å². The maximum absolute atomic E-state index is 12.9. The van der Waals surface area contributed by atoms with E-state index in [-0.39, 0.29) is 5.91 Å². The lowest BCUT2D eigenvalue weighted by atomic mass is 10.0. The number of anilines is 1. The molecule has 6 nitrogen and oxygen atoms in total. The van der Waals surface area contributed by atoms with Crippen molar-refractivity contribution in [2.24, 2.45) is 0 Å². The predicted molar refractivity (Wildman–Crippen MR) is 111 cm³/mol. The zero-order chi connectivity index (χ0) is 19.2. The molecule has 0 bridgehead atoms. The van der Waals surface area contributed by atoms with Gasteiger partial charge in [0.2, 0.25) is 0 Å². The molecule has 1 aliphatic carbocycles. The lowest BCUT2D eigenvalue weighted by Gasteiger charge is -2.40. The molecule has 0 aromatic carbocycles. The van der Waals surface area contributed by atoms with Gasteiger partial charge in [0.25, 0.3) is 5.91 Å². The van der Waals surface area contributed by atoms with Crippen molar-refractivity contribution in [2.75, 3.05) is 44.7 Å². The number of carbonyl (C=O) groups is 1. The van der Waals surface area contributed by atoms with Gasteiger partial charge in [-0.25, -0.2) is 4.98 Å². The van der Waals surface area contributed by atoms with Gasteiger partial charge in [-0.1, -0.05) is 25.7 Å². The van der Waals surface area contributed by atoms with Crippen molar-refractivity contribution in [1.82, 2.24) is 14.8 Å². The minimum atomic E-state index is 0.119. The van der Waals surface area contributed by atoms with Gasteiger partial charge in [-0.3, -0.25) is 9.69 Å². The summed E-state index contributed by atoms with van der Waals surface area (Å²) >= 11 is 0. The Morgan fingerprint density at radius 2 is 1.68 bits per heavy atom. The molecule has 0 radical (unpaired) electrons. The van der Waals surface area contributed by atoms with Crippen molar-refractivity contribution in [3.05, 3.63) is 23.9 Å². The van der Waals surface area contributed by atoms with Crippen LogP contribution in [0.1, 0.15) is 61.7 Å². The number of hydrogen-bond donors (Lipinski definition) is 1. The van der Waals surface area contributed by atoms with Gasteiger partial charge in [-0.05, 0) is 37.8 Å². The molecule has 154 valence electrons. The highest BCUT2D eigenvalue weighted by atomic mass is 16.5. The van der Waals surface area contributed by atoms with Gasteiger partial charge in [-0.15, -0.1) is 0 Å². The standard InChI is InChI=1S/C22H34N4O2/c27-22(26-11-9-20(10-12-26)25-13-15-28-16-14-25)18-7-8-21(23-17-18)24-19-5-3-1-2-4-6-19/h7-8,17,19-20H,1-6,9-16H2,(H,23,24). The molecule has 1 aromatic heterocycles. The Balaban J connectivity index is 1.27. The second-order valence-corrected chi connectivity index (χ2v) is 8.44. The molecule has 2 aliphatic heterocycles. The Bertz CT molecular complexity index is 614. The Morgan fingerprint density at radius 1 is 0.964 bits per heavy atom. The van der Waals surface area contributed by atoms with Crippen LogP contribution in [0, 0.1) is 0 Å². The van der Waals surface area contributed by atoms with Gasteiger partial charge in [0, 0.05) is 44.5 Å². The molecule has 4 rings (SSSR count). The average molecular weight is 387 g/mol. The van der Waals surface area contributed by atoms with Gasteiger partial charge < -0.3 is 15.0 Å². The van der Waals surface area contributed by atoms with E-state index >= 15 is 0 Å². The fourth-order valence-electron chi connectivity index (χ4n) is 4.80. The Kier molecular flexibility index (Phi) is 6.81. The number of carbonyl (C=O) groups excluding carboxylic acids is 1. The normalized spacial score (nSPS) is 23.4. The number of piperidine rings is 1. The van der Waals surface area contributed by atoms with E-state index in [4.69, 9.17) is 4.74 Å². The number of rotatable bonds is 4. The molecule has 0 atom stereocenters. The molecular formula is C22H34N4O2. The highest BCUT2D eigenvalue weighted by molar-refractivity contribution is 5.94. The minimum Gasteiger partial charge on any atom is -0.379 e. The van der Waals surface area contributed by atoms with Crippen molar-refractivity contribution in [3.8, 4) is 0 Å². The number of nitrogens with zero attached hydrogens (tertiary/aromatic N) is 3. The van der Waals surface area contributed by atoms with Gasteiger partial charge >= 0.3 is 0 Å².